The molecule has 0 saturated carbocycles. The number of carboxylic acid groups (broad SMARTS) is 1. The number of aliphatic hydroxyl groups excluding tert-OH is 3. The number of likely N-dealkylation sites (tertiary alicyclic amines) is 2. The van der Waals surface area contributed by atoms with Gasteiger partial charge >= 0.3 is 5.97 Å². The summed E-state index contributed by atoms with van der Waals surface area (Å²) in [6.45, 7) is 10.2. The number of aryl methyl sites for hydroxylation is 1. The van der Waals surface area contributed by atoms with Gasteiger partial charge in [0, 0.05) is 88.4 Å². The maximum absolute atomic E-state index is 11.6. The minimum Gasteiger partial charge on any atom is -0.498 e. The number of hydrogen-bond donors (Lipinski definition) is 5. The fraction of sp³-hybridized carbons (Fsp3) is 0.500. The second kappa shape index (κ2) is 22.1. The predicted molar refractivity (Wildman–Crippen MR) is 225 cm³/mol. The van der Waals surface area contributed by atoms with Crippen LogP contribution in [0.15, 0.2) is 66.7 Å². The summed E-state index contributed by atoms with van der Waals surface area (Å²) in [5.41, 5.74) is 6.72. The summed E-state index contributed by atoms with van der Waals surface area (Å²) in [4.78, 5) is 20.3. The smallest absolute Gasteiger partial charge is 0.323 e. The van der Waals surface area contributed by atoms with Crippen molar-refractivity contribution < 1.29 is 44.2 Å². The SMILES string of the molecule is Cc1cc(CN[C@@H](CO)C(=O)O)c(OCc2cncc(C#N)c2)cc1OCc1cccc(C2=CC(OCCCN3CC[C@@H](O)C3)CC(OCCCN3CC[C@@H](O)C3)=C2)c1C. The Hall–Kier alpha value is -4.85. The molecule has 60 heavy (non-hydrogen) atoms. The first kappa shape index (κ1) is 44.7. The molecule has 2 saturated heterocycles. The molecule has 1 aliphatic carbocycles. The fourth-order valence-electron chi connectivity index (χ4n) is 7.88. The number of nitrogens with zero attached hydrogens (tertiary/aromatic N) is 4. The van der Waals surface area contributed by atoms with Gasteiger partial charge in [-0.15, -0.1) is 0 Å². The van der Waals surface area contributed by atoms with E-state index in [0.29, 0.717) is 47.8 Å². The zero-order valence-electron chi connectivity index (χ0n) is 34.7. The van der Waals surface area contributed by atoms with Gasteiger partial charge in [0.1, 0.15) is 36.8 Å². The van der Waals surface area contributed by atoms with E-state index in [9.17, 15) is 30.5 Å². The molecule has 0 amide bonds. The van der Waals surface area contributed by atoms with E-state index in [1.165, 1.54) is 6.20 Å². The summed E-state index contributed by atoms with van der Waals surface area (Å²) in [7, 11) is 0. The molecule has 2 aliphatic heterocycles. The molecule has 5 N–H and O–H groups in total. The second-order valence-corrected chi connectivity index (χ2v) is 15.9. The molecule has 3 aliphatic rings. The average Bonchev–Trinajstić information content (AvgIpc) is 3.87. The largest absolute Gasteiger partial charge is 0.498 e. The number of carboxylic acids is 1. The molecular formula is C46H59N5O9. The molecule has 3 heterocycles. The van der Waals surface area contributed by atoms with Crippen LogP contribution in [0.5, 0.6) is 11.5 Å². The Labute approximate surface area is 352 Å². The number of aliphatic hydroxyl groups is 3. The van der Waals surface area contributed by atoms with Crippen LogP contribution in [-0.4, -0.2) is 125 Å². The van der Waals surface area contributed by atoms with Crippen LogP contribution in [-0.2, 0) is 34.0 Å². The maximum Gasteiger partial charge on any atom is 0.323 e. The van der Waals surface area contributed by atoms with Crippen LogP contribution in [0.25, 0.3) is 5.57 Å². The van der Waals surface area contributed by atoms with Gasteiger partial charge in [-0.1, -0.05) is 18.2 Å². The Morgan fingerprint density at radius 2 is 1.68 bits per heavy atom. The first-order chi connectivity index (χ1) is 29.1. The van der Waals surface area contributed by atoms with Crippen molar-refractivity contribution in [3.8, 4) is 17.6 Å². The topological polar surface area (TPSA) is 190 Å². The zero-order chi connectivity index (χ0) is 42.4. The summed E-state index contributed by atoms with van der Waals surface area (Å²) in [5, 5.41) is 51.1. The number of hydrogen-bond acceptors (Lipinski definition) is 13. The molecular weight excluding hydrogens is 767 g/mol. The van der Waals surface area contributed by atoms with Gasteiger partial charge in [-0.2, -0.15) is 5.26 Å². The lowest BCUT2D eigenvalue weighted by Crippen LogP contribution is -2.39. The molecule has 0 spiro atoms. The Balaban J connectivity index is 1.16. The molecule has 14 heteroatoms. The zero-order valence-corrected chi connectivity index (χ0v) is 34.7. The van der Waals surface area contributed by atoms with Crippen molar-refractivity contribution in [2.75, 3.05) is 59.1 Å². The van der Waals surface area contributed by atoms with Crippen LogP contribution in [0.4, 0.5) is 0 Å². The standard InChI is InChI=1S/C46H59N5O9/c1-31-16-37(25-49-43(28-52)46(55)56)45(59-29-34-17-33(22-47)23-48-24-34)21-44(31)60-30-35-6-3-7-42(32(35)2)36-18-40(57-14-4-10-50-12-8-38(53)26-50)20-41(19-36)58-15-5-11-51-13-9-39(54)27-51/h3,6-7,16-19,21,23-24,38-40,43,49,52-54H,4-5,8-15,20,25-30H2,1-2H3,(H,55,56)/t38-,39-,40?,43+/m1/s1. The van der Waals surface area contributed by atoms with Gasteiger partial charge in [0.2, 0.25) is 0 Å². The molecule has 0 radical (unpaired) electrons. The number of rotatable bonds is 22. The first-order valence-corrected chi connectivity index (χ1v) is 20.9. The highest BCUT2D eigenvalue weighted by Crippen LogP contribution is 2.33. The van der Waals surface area contributed by atoms with E-state index in [1.54, 1.807) is 18.3 Å². The Morgan fingerprint density at radius 3 is 2.37 bits per heavy atom. The number of nitriles is 1. The fourth-order valence-corrected chi connectivity index (χ4v) is 7.88. The number of aromatic nitrogens is 1. The lowest BCUT2D eigenvalue weighted by atomic mass is 9.91. The molecule has 322 valence electrons. The minimum absolute atomic E-state index is 0.117. The first-order valence-electron chi connectivity index (χ1n) is 20.9. The predicted octanol–water partition coefficient (Wildman–Crippen LogP) is 4.25. The molecule has 3 aromatic rings. The van der Waals surface area contributed by atoms with Gasteiger partial charge < -0.3 is 49.2 Å². The van der Waals surface area contributed by atoms with Gasteiger partial charge in [0.05, 0.1) is 42.8 Å². The summed E-state index contributed by atoms with van der Waals surface area (Å²) < 4.78 is 25.5. The van der Waals surface area contributed by atoms with Gasteiger partial charge in [-0.05, 0) is 91.6 Å². The lowest BCUT2D eigenvalue weighted by molar-refractivity contribution is -0.140. The monoisotopic (exact) mass is 825 g/mol. The average molecular weight is 826 g/mol. The van der Waals surface area contributed by atoms with E-state index in [0.717, 1.165) is 98.5 Å². The molecule has 2 aromatic carbocycles. The van der Waals surface area contributed by atoms with Crippen molar-refractivity contribution in [3.63, 3.8) is 0 Å². The number of ether oxygens (including phenoxy) is 4. The number of aliphatic carboxylic acids is 1. The third-order valence-corrected chi connectivity index (χ3v) is 11.3. The van der Waals surface area contributed by atoms with Crippen molar-refractivity contribution in [1.29, 1.82) is 5.26 Å². The number of pyridine rings is 1. The summed E-state index contributed by atoms with van der Waals surface area (Å²) in [5.74, 6) is 0.770. The number of benzene rings is 2. The van der Waals surface area contributed by atoms with Crippen LogP contribution in [0.3, 0.4) is 0 Å². The Kier molecular flexibility index (Phi) is 16.5. The number of allylic oxidation sites excluding steroid dienone is 2. The summed E-state index contributed by atoms with van der Waals surface area (Å²) >= 11 is 0. The molecule has 14 nitrogen and oxygen atoms in total. The van der Waals surface area contributed by atoms with Crippen LogP contribution < -0.4 is 14.8 Å². The van der Waals surface area contributed by atoms with Crippen molar-refractivity contribution in [2.45, 2.75) is 90.1 Å². The lowest BCUT2D eigenvalue weighted by Gasteiger charge is -2.25. The molecule has 1 aromatic heterocycles. The van der Waals surface area contributed by atoms with Crippen LogP contribution >= 0.6 is 0 Å². The van der Waals surface area contributed by atoms with E-state index in [1.807, 2.05) is 25.1 Å². The van der Waals surface area contributed by atoms with Crippen molar-refractivity contribution in [1.82, 2.24) is 20.1 Å². The number of nitrogens with one attached hydrogen (secondary N) is 1. The van der Waals surface area contributed by atoms with Crippen molar-refractivity contribution in [2.24, 2.45) is 0 Å². The number of β-amino-alcohol motifs (C(OH)–C–C–N with tert-alkyl or cyclic N) is 2. The Bertz CT molecular complexity index is 2020. The van der Waals surface area contributed by atoms with E-state index in [2.05, 4.69) is 51.3 Å². The quantitative estimate of drug-likeness (QED) is 0.0905. The van der Waals surface area contributed by atoms with Gasteiger partial charge in [-0.3, -0.25) is 15.1 Å². The molecule has 6 rings (SSSR count). The van der Waals surface area contributed by atoms with Gasteiger partial charge in [-0.25, -0.2) is 0 Å². The summed E-state index contributed by atoms with van der Waals surface area (Å²) in [6, 6.07) is 12.5. The van der Waals surface area contributed by atoms with E-state index in [-0.39, 0.29) is 38.1 Å². The minimum atomic E-state index is -1.16. The molecule has 0 bridgehead atoms. The molecule has 2 fully saturated rings. The molecule has 4 atom stereocenters. The van der Waals surface area contributed by atoms with E-state index >= 15 is 0 Å². The van der Waals surface area contributed by atoms with Crippen LogP contribution in [0, 0.1) is 25.2 Å². The maximum atomic E-state index is 11.6. The van der Waals surface area contributed by atoms with E-state index < -0.39 is 18.6 Å². The molecule has 1 unspecified atom stereocenters. The van der Waals surface area contributed by atoms with Crippen molar-refractivity contribution >= 4 is 11.5 Å². The van der Waals surface area contributed by atoms with Crippen molar-refractivity contribution in [3.05, 3.63) is 106 Å². The number of carbonyl (C=O) groups is 1. The third-order valence-electron chi connectivity index (χ3n) is 11.3. The van der Waals surface area contributed by atoms with Gasteiger partial charge in [0.15, 0.2) is 0 Å². The second-order valence-electron chi connectivity index (χ2n) is 15.9. The van der Waals surface area contributed by atoms with Gasteiger partial charge in [0.25, 0.3) is 0 Å². The normalized spacial score (nSPS) is 20.0. The van der Waals surface area contributed by atoms with Crippen LogP contribution in [0.2, 0.25) is 0 Å². The summed E-state index contributed by atoms with van der Waals surface area (Å²) in [6.07, 6.45) is 10.8. The third kappa shape index (κ3) is 12.8. The van der Waals surface area contributed by atoms with E-state index in [4.69, 9.17) is 18.9 Å². The van der Waals surface area contributed by atoms with Crippen LogP contribution in [0.1, 0.15) is 71.0 Å². The highest BCUT2D eigenvalue weighted by molar-refractivity contribution is 5.78. The highest BCUT2D eigenvalue weighted by atomic mass is 16.5. The Morgan fingerprint density at radius 1 is 0.950 bits per heavy atom. The highest BCUT2D eigenvalue weighted by Gasteiger charge is 2.24.